The molecule has 0 aliphatic carbocycles. The maximum Gasteiger partial charge on any atom is 0.232 e. The zero-order valence-electron chi connectivity index (χ0n) is 11.5. The fourth-order valence-electron chi connectivity index (χ4n) is 2.17. The summed E-state index contributed by atoms with van der Waals surface area (Å²) in [6.07, 6.45) is 1.92. The molecule has 2 rings (SSSR count). The number of nitrogens with zero attached hydrogens (tertiary/aromatic N) is 1. The number of aromatic amines is 1. The molecular formula is C13H22N4O2. The third-order valence-electron chi connectivity index (χ3n) is 3.34. The van der Waals surface area contributed by atoms with Crippen LogP contribution in [-0.2, 0) is 16.0 Å². The number of nitrogens with one attached hydrogen (secondary N) is 3. The Balaban J connectivity index is 1.91. The van der Waals surface area contributed by atoms with E-state index in [9.17, 15) is 4.79 Å². The number of rotatable bonds is 6. The Labute approximate surface area is 113 Å². The van der Waals surface area contributed by atoms with Crippen molar-refractivity contribution in [2.75, 3.05) is 25.1 Å². The lowest BCUT2D eigenvalue weighted by atomic mass is 10.0. The van der Waals surface area contributed by atoms with Gasteiger partial charge in [-0.3, -0.25) is 9.89 Å². The Morgan fingerprint density at radius 3 is 3.05 bits per heavy atom. The van der Waals surface area contributed by atoms with Crippen molar-refractivity contribution < 1.29 is 9.53 Å². The van der Waals surface area contributed by atoms with Gasteiger partial charge in [-0.05, 0) is 19.4 Å². The van der Waals surface area contributed by atoms with Crippen molar-refractivity contribution in [2.24, 2.45) is 5.92 Å². The molecule has 6 heteroatoms. The largest absolute Gasteiger partial charge is 0.379 e. The first kappa shape index (κ1) is 14.0. The molecule has 0 radical (unpaired) electrons. The molecule has 2 atom stereocenters. The van der Waals surface area contributed by atoms with Gasteiger partial charge < -0.3 is 15.4 Å². The number of amides is 1. The van der Waals surface area contributed by atoms with Crippen molar-refractivity contribution in [2.45, 2.75) is 32.7 Å². The number of aryl methyl sites for hydroxylation is 1. The molecule has 2 heterocycles. The van der Waals surface area contributed by atoms with Gasteiger partial charge in [-0.2, -0.15) is 5.10 Å². The van der Waals surface area contributed by atoms with Gasteiger partial charge in [0.25, 0.3) is 0 Å². The predicted molar refractivity (Wildman–Crippen MR) is 73.0 cm³/mol. The van der Waals surface area contributed by atoms with Gasteiger partial charge in [0, 0.05) is 17.8 Å². The smallest absolute Gasteiger partial charge is 0.232 e. The van der Waals surface area contributed by atoms with Gasteiger partial charge in [-0.25, -0.2) is 0 Å². The molecule has 0 aromatic carbocycles. The molecule has 106 valence electrons. The summed E-state index contributed by atoms with van der Waals surface area (Å²) in [7, 11) is 0. The lowest BCUT2D eigenvalue weighted by Gasteiger charge is -2.17. The first-order chi connectivity index (χ1) is 9.24. The summed E-state index contributed by atoms with van der Waals surface area (Å²) >= 11 is 0. The molecule has 6 nitrogen and oxygen atoms in total. The minimum Gasteiger partial charge on any atom is -0.379 e. The van der Waals surface area contributed by atoms with Crippen molar-refractivity contribution in [3.05, 3.63) is 11.8 Å². The van der Waals surface area contributed by atoms with E-state index < -0.39 is 0 Å². The molecule has 19 heavy (non-hydrogen) atoms. The minimum absolute atomic E-state index is 0.0275. The Bertz CT molecular complexity index is 419. The molecule has 1 aliphatic rings. The molecule has 2 unspecified atom stereocenters. The fourth-order valence-corrected chi connectivity index (χ4v) is 2.17. The summed E-state index contributed by atoms with van der Waals surface area (Å²) in [5.74, 6) is 0.413. The molecule has 1 fully saturated rings. The van der Waals surface area contributed by atoms with Crippen LogP contribution in [0.25, 0.3) is 0 Å². The van der Waals surface area contributed by atoms with Crippen LogP contribution in [0.5, 0.6) is 0 Å². The molecule has 3 N–H and O–H groups in total. The van der Waals surface area contributed by atoms with Crippen LogP contribution in [0.1, 0.15) is 26.0 Å². The average molecular weight is 266 g/mol. The SMILES string of the molecule is CCCNC1COCC1C(=O)Nc1cc(CC)[nH]n1. The van der Waals surface area contributed by atoms with E-state index in [1.807, 2.05) is 13.0 Å². The standard InChI is InChI=1S/C13H22N4O2/c1-3-5-14-11-8-19-7-10(11)13(18)15-12-6-9(4-2)16-17-12/h6,10-11,14H,3-5,7-8H2,1-2H3,(H2,15,16,17,18). The van der Waals surface area contributed by atoms with Crippen molar-refractivity contribution in [1.82, 2.24) is 15.5 Å². The monoisotopic (exact) mass is 266 g/mol. The highest BCUT2D eigenvalue weighted by Crippen LogP contribution is 2.16. The van der Waals surface area contributed by atoms with Gasteiger partial charge in [0.15, 0.2) is 5.82 Å². The number of anilines is 1. The number of carbonyl (C=O) groups is 1. The van der Waals surface area contributed by atoms with Crippen LogP contribution in [0.4, 0.5) is 5.82 Å². The molecule has 0 bridgehead atoms. The molecule has 0 saturated carbocycles. The van der Waals surface area contributed by atoms with Gasteiger partial charge in [-0.15, -0.1) is 0 Å². The second kappa shape index (κ2) is 6.68. The number of ether oxygens (including phenoxy) is 1. The molecule has 1 amide bonds. The van der Waals surface area contributed by atoms with Crippen molar-refractivity contribution in [3.63, 3.8) is 0 Å². The van der Waals surface area contributed by atoms with E-state index in [-0.39, 0.29) is 17.9 Å². The van der Waals surface area contributed by atoms with E-state index in [2.05, 4.69) is 27.8 Å². The molecule has 1 saturated heterocycles. The van der Waals surface area contributed by atoms with E-state index >= 15 is 0 Å². The maximum atomic E-state index is 12.2. The fraction of sp³-hybridized carbons (Fsp3) is 0.692. The van der Waals surface area contributed by atoms with E-state index in [1.54, 1.807) is 0 Å². The van der Waals surface area contributed by atoms with Crippen LogP contribution in [0.3, 0.4) is 0 Å². The summed E-state index contributed by atoms with van der Waals surface area (Å²) in [6.45, 7) is 6.11. The Kier molecular flexibility index (Phi) is 4.93. The molecule has 0 spiro atoms. The molecular weight excluding hydrogens is 244 g/mol. The average Bonchev–Trinajstić information content (AvgIpc) is 3.04. The number of carbonyl (C=O) groups excluding carboxylic acids is 1. The third-order valence-corrected chi connectivity index (χ3v) is 3.34. The number of H-pyrrole nitrogens is 1. The van der Waals surface area contributed by atoms with Crippen molar-refractivity contribution in [3.8, 4) is 0 Å². The van der Waals surface area contributed by atoms with Crippen molar-refractivity contribution in [1.29, 1.82) is 0 Å². The summed E-state index contributed by atoms with van der Waals surface area (Å²) in [4.78, 5) is 12.2. The van der Waals surface area contributed by atoms with Crippen LogP contribution in [-0.4, -0.2) is 41.9 Å². The Hall–Kier alpha value is -1.40. The van der Waals surface area contributed by atoms with E-state index in [0.717, 1.165) is 25.1 Å². The Morgan fingerprint density at radius 2 is 2.37 bits per heavy atom. The van der Waals surface area contributed by atoms with Crippen LogP contribution in [0.15, 0.2) is 6.07 Å². The van der Waals surface area contributed by atoms with E-state index in [0.29, 0.717) is 19.0 Å². The van der Waals surface area contributed by atoms with Crippen LogP contribution >= 0.6 is 0 Å². The lowest BCUT2D eigenvalue weighted by molar-refractivity contribution is -0.120. The second-order valence-corrected chi connectivity index (χ2v) is 4.83. The lowest BCUT2D eigenvalue weighted by Crippen LogP contribution is -2.41. The zero-order valence-corrected chi connectivity index (χ0v) is 11.5. The van der Waals surface area contributed by atoms with Crippen LogP contribution in [0, 0.1) is 5.92 Å². The van der Waals surface area contributed by atoms with Gasteiger partial charge in [0.2, 0.25) is 5.91 Å². The highest BCUT2D eigenvalue weighted by atomic mass is 16.5. The number of hydrogen-bond acceptors (Lipinski definition) is 4. The molecule has 1 aromatic heterocycles. The predicted octanol–water partition coefficient (Wildman–Crippen LogP) is 0.925. The summed E-state index contributed by atoms with van der Waals surface area (Å²) in [5.41, 5.74) is 1.01. The van der Waals surface area contributed by atoms with Gasteiger partial charge in [-0.1, -0.05) is 13.8 Å². The van der Waals surface area contributed by atoms with Gasteiger partial charge in [0.1, 0.15) is 0 Å². The topological polar surface area (TPSA) is 79.0 Å². The third kappa shape index (κ3) is 3.54. The summed E-state index contributed by atoms with van der Waals surface area (Å²) < 4.78 is 5.40. The zero-order chi connectivity index (χ0) is 13.7. The van der Waals surface area contributed by atoms with E-state index in [4.69, 9.17) is 4.74 Å². The highest BCUT2D eigenvalue weighted by Gasteiger charge is 2.33. The summed E-state index contributed by atoms with van der Waals surface area (Å²) in [5, 5.41) is 13.1. The maximum absolute atomic E-state index is 12.2. The van der Waals surface area contributed by atoms with Gasteiger partial charge >= 0.3 is 0 Å². The van der Waals surface area contributed by atoms with E-state index in [1.165, 1.54) is 0 Å². The first-order valence-corrected chi connectivity index (χ1v) is 6.90. The second-order valence-electron chi connectivity index (χ2n) is 4.83. The number of aromatic nitrogens is 2. The highest BCUT2D eigenvalue weighted by molar-refractivity contribution is 5.92. The minimum atomic E-state index is -0.145. The Morgan fingerprint density at radius 1 is 1.53 bits per heavy atom. The van der Waals surface area contributed by atoms with Crippen molar-refractivity contribution >= 4 is 11.7 Å². The first-order valence-electron chi connectivity index (χ1n) is 6.90. The molecule has 1 aliphatic heterocycles. The van der Waals surface area contributed by atoms with Gasteiger partial charge in [0.05, 0.1) is 19.1 Å². The molecule has 1 aromatic rings. The summed E-state index contributed by atoms with van der Waals surface area (Å²) in [6, 6.07) is 1.96. The van der Waals surface area contributed by atoms with Crippen LogP contribution in [0.2, 0.25) is 0 Å². The number of hydrogen-bond donors (Lipinski definition) is 3. The quantitative estimate of drug-likeness (QED) is 0.715. The normalized spacial score (nSPS) is 22.6. The van der Waals surface area contributed by atoms with Crippen LogP contribution < -0.4 is 10.6 Å².